The summed E-state index contributed by atoms with van der Waals surface area (Å²) in [5.74, 6) is 0.835. The number of halogens is 1. The van der Waals surface area contributed by atoms with Crippen LogP contribution < -0.4 is 11.3 Å². The summed E-state index contributed by atoms with van der Waals surface area (Å²) < 4.78 is 0. The van der Waals surface area contributed by atoms with Crippen molar-refractivity contribution in [2.24, 2.45) is 11.7 Å². The predicted molar refractivity (Wildman–Crippen MR) is 103 cm³/mol. The second-order valence-electron chi connectivity index (χ2n) is 7.75. The maximum atomic E-state index is 11.6. The summed E-state index contributed by atoms with van der Waals surface area (Å²) in [6, 6.07) is 2.20. The zero-order chi connectivity index (χ0) is 19.1. The molecule has 26 heavy (non-hydrogen) atoms. The molecule has 140 valence electrons. The summed E-state index contributed by atoms with van der Waals surface area (Å²) in [7, 11) is 0. The van der Waals surface area contributed by atoms with E-state index in [-0.39, 0.29) is 5.56 Å². The smallest absolute Gasteiger partial charge is 0.257 e. The van der Waals surface area contributed by atoms with Crippen LogP contribution in [-0.4, -0.2) is 33.4 Å². The fourth-order valence-electron chi connectivity index (χ4n) is 3.07. The van der Waals surface area contributed by atoms with Crippen molar-refractivity contribution in [3.05, 3.63) is 39.5 Å². The highest BCUT2D eigenvalue weighted by molar-refractivity contribution is 6.30. The molecule has 3 heterocycles. The van der Waals surface area contributed by atoms with E-state index in [1.165, 1.54) is 12.6 Å². The first-order valence-corrected chi connectivity index (χ1v) is 9.33. The summed E-state index contributed by atoms with van der Waals surface area (Å²) in [6.45, 7) is 6.88. The number of aromatic nitrogens is 2. The SMILES string of the molecule is CC(C)(N)c1c[nH]c(=O)c2cnc(Cl)cc12.CC1CCN1C(=O)C1CC1. The highest BCUT2D eigenvalue weighted by atomic mass is 35.5. The third-order valence-corrected chi connectivity index (χ3v) is 5.18. The summed E-state index contributed by atoms with van der Waals surface area (Å²) in [5.41, 5.74) is 6.14. The standard InChI is InChI=1S/C11H12ClN3O.C8H13NO/c1-11(2,13)8-5-15-10(16)7-4-14-9(12)3-6(7)8;1-6-4-5-9(6)8(10)7-2-3-7/h3-5H,13H2,1-2H3,(H,15,16);6-7H,2-5H2,1H3. The van der Waals surface area contributed by atoms with Gasteiger partial charge in [-0.05, 0) is 57.0 Å². The molecule has 1 saturated heterocycles. The molecule has 6 nitrogen and oxygen atoms in total. The van der Waals surface area contributed by atoms with Crippen LogP contribution in [0.25, 0.3) is 10.8 Å². The van der Waals surface area contributed by atoms with Crippen molar-refractivity contribution in [1.82, 2.24) is 14.9 Å². The average molecular weight is 377 g/mol. The number of rotatable bonds is 2. The number of likely N-dealkylation sites (tertiary alicyclic amines) is 1. The number of amides is 1. The van der Waals surface area contributed by atoms with Crippen LogP contribution in [-0.2, 0) is 10.3 Å². The van der Waals surface area contributed by atoms with Gasteiger partial charge in [-0.15, -0.1) is 0 Å². The first-order valence-electron chi connectivity index (χ1n) is 8.95. The molecule has 0 aromatic carbocycles. The Morgan fingerprint density at radius 1 is 1.35 bits per heavy atom. The Bertz CT molecular complexity index is 883. The van der Waals surface area contributed by atoms with Crippen LogP contribution in [0.3, 0.4) is 0 Å². The van der Waals surface area contributed by atoms with Crippen LogP contribution in [0.1, 0.15) is 45.6 Å². The van der Waals surface area contributed by atoms with Crippen LogP contribution in [0, 0.1) is 5.92 Å². The molecule has 0 spiro atoms. The van der Waals surface area contributed by atoms with Crippen molar-refractivity contribution in [3.8, 4) is 0 Å². The largest absolute Gasteiger partial charge is 0.340 e. The lowest BCUT2D eigenvalue weighted by atomic mass is 9.93. The number of nitrogens with two attached hydrogens (primary N) is 1. The molecule has 2 fully saturated rings. The van der Waals surface area contributed by atoms with E-state index in [0.717, 1.165) is 30.3 Å². The molecule has 2 aromatic heterocycles. The number of hydrogen-bond acceptors (Lipinski definition) is 4. The van der Waals surface area contributed by atoms with Gasteiger partial charge in [-0.1, -0.05) is 11.6 Å². The van der Waals surface area contributed by atoms with Gasteiger partial charge in [0.25, 0.3) is 5.56 Å². The molecule has 1 aliphatic carbocycles. The first kappa shape index (κ1) is 18.9. The van der Waals surface area contributed by atoms with Gasteiger partial charge in [0.15, 0.2) is 0 Å². The molecule has 1 amide bonds. The number of carbonyl (C=O) groups excluding carboxylic acids is 1. The van der Waals surface area contributed by atoms with E-state index < -0.39 is 5.54 Å². The minimum atomic E-state index is -0.548. The first-order chi connectivity index (χ1) is 12.2. The second-order valence-corrected chi connectivity index (χ2v) is 8.14. The Kier molecular flexibility index (Phi) is 5.08. The lowest BCUT2D eigenvalue weighted by Crippen LogP contribution is -2.49. The van der Waals surface area contributed by atoms with E-state index >= 15 is 0 Å². The predicted octanol–water partition coefficient (Wildman–Crippen LogP) is 2.79. The Morgan fingerprint density at radius 3 is 2.54 bits per heavy atom. The van der Waals surface area contributed by atoms with Crippen LogP contribution >= 0.6 is 11.6 Å². The van der Waals surface area contributed by atoms with Crippen molar-refractivity contribution >= 4 is 28.3 Å². The van der Waals surface area contributed by atoms with Crippen LogP contribution in [0.2, 0.25) is 5.15 Å². The molecule has 2 aromatic rings. The van der Waals surface area contributed by atoms with Crippen LogP contribution in [0.15, 0.2) is 23.3 Å². The number of hydrogen-bond donors (Lipinski definition) is 2. The third kappa shape index (κ3) is 3.91. The number of aromatic amines is 1. The lowest BCUT2D eigenvalue weighted by molar-refractivity contribution is -0.139. The molecule has 1 saturated carbocycles. The van der Waals surface area contributed by atoms with Crippen molar-refractivity contribution in [3.63, 3.8) is 0 Å². The zero-order valence-electron chi connectivity index (χ0n) is 15.4. The van der Waals surface area contributed by atoms with E-state index in [4.69, 9.17) is 17.3 Å². The minimum absolute atomic E-state index is 0.188. The third-order valence-electron chi connectivity index (χ3n) is 4.98. The molecule has 1 aliphatic heterocycles. The van der Waals surface area contributed by atoms with Gasteiger partial charge in [0.1, 0.15) is 5.15 Å². The van der Waals surface area contributed by atoms with Gasteiger partial charge in [-0.25, -0.2) is 4.98 Å². The Labute approximate surface area is 157 Å². The summed E-state index contributed by atoms with van der Waals surface area (Å²) in [5, 5.41) is 1.60. The number of nitrogens with one attached hydrogen (secondary N) is 1. The Balaban J connectivity index is 0.000000167. The molecular formula is C19H25ClN4O2. The van der Waals surface area contributed by atoms with E-state index in [9.17, 15) is 9.59 Å². The molecule has 7 heteroatoms. The summed E-state index contributed by atoms with van der Waals surface area (Å²) in [4.78, 5) is 31.5. The number of pyridine rings is 2. The number of nitrogens with zero attached hydrogens (tertiary/aromatic N) is 2. The van der Waals surface area contributed by atoms with Crippen molar-refractivity contribution in [2.45, 2.75) is 51.6 Å². The number of carbonyl (C=O) groups is 1. The van der Waals surface area contributed by atoms with Crippen LogP contribution in [0.4, 0.5) is 0 Å². The van der Waals surface area contributed by atoms with Gasteiger partial charge < -0.3 is 15.6 Å². The summed E-state index contributed by atoms with van der Waals surface area (Å²) in [6.07, 6.45) is 6.58. The fraction of sp³-hybridized carbons (Fsp3) is 0.526. The Hall–Kier alpha value is -1.92. The molecule has 1 atom stereocenters. The number of fused-ring (bicyclic) bond motifs is 1. The molecule has 4 rings (SSSR count). The van der Waals surface area contributed by atoms with Gasteiger partial charge in [-0.2, -0.15) is 0 Å². The topological polar surface area (TPSA) is 92.1 Å². The molecule has 1 unspecified atom stereocenters. The number of H-pyrrole nitrogens is 1. The maximum absolute atomic E-state index is 11.6. The van der Waals surface area contributed by atoms with Crippen molar-refractivity contribution in [1.29, 1.82) is 0 Å². The molecular weight excluding hydrogens is 352 g/mol. The molecule has 0 radical (unpaired) electrons. The zero-order valence-corrected chi connectivity index (χ0v) is 16.1. The van der Waals surface area contributed by atoms with Gasteiger partial charge in [0, 0.05) is 36.4 Å². The Morgan fingerprint density at radius 2 is 2.04 bits per heavy atom. The molecule has 3 N–H and O–H groups in total. The van der Waals surface area contributed by atoms with Gasteiger partial charge in [-0.3, -0.25) is 9.59 Å². The second kappa shape index (κ2) is 7.00. The quantitative estimate of drug-likeness (QED) is 0.788. The fourth-order valence-corrected chi connectivity index (χ4v) is 3.23. The van der Waals surface area contributed by atoms with E-state index in [1.807, 2.05) is 18.7 Å². The van der Waals surface area contributed by atoms with Crippen molar-refractivity contribution < 1.29 is 4.79 Å². The van der Waals surface area contributed by atoms with Gasteiger partial charge in [0.2, 0.25) is 5.91 Å². The van der Waals surface area contributed by atoms with Crippen molar-refractivity contribution in [2.75, 3.05) is 6.54 Å². The minimum Gasteiger partial charge on any atom is -0.340 e. The summed E-state index contributed by atoms with van der Waals surface area (Å²) >= 11 is 5.83. The monoisotopic (exact) mass is 376 g/mol. The van der Waals surface area contributed by atoms with E-state index in [0.29, 0.717) is 28.4 Å². The van der Waals surface area contributed by atoms with Crippen LogP contribution in [0.5, 0.6) is 0 Å². The molecule has 0 bridgehead atoms. The molecule has 2 aliphatic rings. The van der Waals surface area contributed by atoms with E-state index in [1.54, 1.807) is 12.3 Å². The highest BCUT2D eigenvalue weighted by Gasteiger charge is 2.38. The van der Waals surface area contributed by atoms with E-state index in [2.05, 4.69) is 16.9 Å². The van der Waals surface area contributed by atoms with Gasteiger partial charge in [0.05, 0.1) is 5.39 Å². The van der Waals surface area contributed by atoms with Gasteiger partial charge >= 0.3 is 0 Å². The lowest BCUT2D eigenvalue weighted by Gasteiger charge is -2.38. The normalized spacial score (nSPS) is 19.6. The average Bonchev–Trinajstić information content (AvgIpc) is 3.37. The highest BCUT2D eigenvalue weighted by Crippen LogP contribution is 2.33. The maximum Gasteiger partial charge on any atom is 0.257 e.